The molecule has 2 atom stereocenters. The molecule has 0 aliphatic heterocycles. The van der Waals surface area contributed by atoms with Gasteiger partial charge in [0.2, 0.25) is 0 Å². The molecule has 0 bridgehead atoms. The van der Waals surface area contributed by atoms with Crippen molar-refractivity contribution in [3.05, 3.63) is 23.8 Å². The number of rotatable bonds is 6. The molecule has 0 unspecified atom stereocenters. The Morgan fingerprint density at radius 1 is 1.29 bits per heavy atom. The van der Waals surface area contributed by atoms with Crippen molar-refractivity contribution in [3.8, 4) is 5.75 Å². The van der Waals surface area contributed by atoms with Crippen molar-refractivity contribution in [2.24, 2.45) is 5.92 Å². The molecule has 1 saturated carbocycles. The number of benzene rings is 1. The van der Waals surface area contributed by atoms with Crippen LogP contribution in [0.3, 0.4) is 0 Å². The molecule has 6 heteroatoms. The molecule has 0 aromatic heterocycles. The number of methoxy groups -OCH3 is 1. The number of amides is 1. The first-order valence-electron chi connectivity index (χ1n) is 8.23. The lowest BCUT2D eigenvalue weighted by Crippen LogP contribution is -2.42. The predicted molar refractivity (Wildman–Crippen MR) is 94.6 cm³/mol. The van der Waals surface area contributed by atoms with E-state index in [0.29, 0.717) is 17.2 Å². The number of thioether (sulfide) groups is 1. The van der Waals surface area contributed by atoms with Crippen molar-refractivity contribution in [1.29, 1.82) is 0 Å². The van der Waals surface area contributed by atoms with E-state index in [1.807, 2.05) is 12.3 Å². The number of hydrogen-bond donors (Lipinski definition) is 1. The molecule has 5 nitrogen and oxygen atoms in total. The van der Waals surface area contributed by atoms with E-state index in [2.05, 4.69) is 12.2 Å². The minimum Gasteiger partial charge on any atom is -0.496 e. The molecule has 1 aromatic carbocycles. The van der Waals surface area contributed by atoms with Crippen LogP contribution in [-0.2, 0) is 9.53 Å². The van der Waals surface area contributed by atoms with Crippen molar-refractivity contribution >= 4 is 23.6 Å². The summed E-state index contributed by atoms with van der Waals surface area (Å²) in [6.45, 7) is 1.88. The summed E-state index contributed by atoms with van der Waals surface area (Å²) in [5, 5.41) is 2.97. The molecule has 2 rings (SSSR count). The maximum atomic E-state index is 12.2. The molecule has 1 aliphatic carbocycles. The van der Waals surface area contributed by atoms with Gasteiger partial charge in [0.05, 0.1) is 7.11 Å². The lowest BCUT2D eigenvalue weighted by Gasteiger charge is -2.29. The molecule has 0 radical (unpaired) electrons. The maximum absolute atomic E-state index is 12.2. The summed E-state index contributed by atoms with van der Waals surface area (Å²) in [7, 11) is 1.51. The monoisotopic (exact) mass is 351 g/mol. The highest BCUT2D eigenvalue weighted by Gasteiger charge is 2.23. The van der Waals surface area contributed by atoms with Gasteiger partial charge in [-0.05, 0) is 43.2 Å². The number of carbonyl (C=O) groups excluding carboxylic acids is 2. The van der Waals surface area contributed by atoms with E-state index < -0.39 is 5.97 Å². The van der Waals surface area contributed by atoms with Crippen LogP contribution in [0.25, 0.3) is 0 Å². The van der Waals surface area contributed by atoms with E-state index in [9.17, 15) is 9.59 Å². The summed E-state index contributed by atoms with van der Waals surface area (Å²) in [6, 6.07) is 5.45. The van der Waals surface area contributed by atoms with Gasteiger partial charge in [0, 0.05) is 10.9 Å². The van der Waals surface area contributed by atoms with Crippen LogP contribution in [-0.4, -0.2) is 37.9 Å². The molecule has 1 fully saturated rings. The highest BCUT2D eigenvalue weighted by molar-refractivity contribution is 7.98. The zero-order valence-corrected chi connectivity index (χ0v) is 15.3. The van der Waals surface area contributed by atoms with Crippen molar-refractivity contribution in [2.45, 2.75) is 43.5 Å². The van der Waals surface area contributed by atoms with Gasteiger partial charge in [-0.3, -0.25) is 4.79 Å². The number of hydrogen-bond acceptors (Lipinski definition) is 5. The van der Waals surface area contributed by atoms with Gasteiger partial charge in [0.25, 0.3) is 5.91 Å². The summed E-state index contributed by atoms with van der Waals surface area (Å²) in [4.78, 5) is 25.2. The Bertz CT molecular complexity index is 590. The molecule has 132 valence electrons. The normalized spacial score (nSPS) is 20.3. The van der Waals surface area contributed by atoms with E-state index in [4.69, 9.17) is 9.47 Å². The number of carbonyl (C=O) groups is 2. The second-order valence-electron chi connectivity index (χ2n) is 6.08. The van der Waals surface area contributed by atoms with Gasteiger partial charge < -0.3 is 14.8 Å². The molecule has 0 saturated heterocycles. The average Bonchev–Trinajstić information content (AvgIpc) is 2.61. The zero-order valence-electron chi connectivity index (χ0n) is 14.5. The van der Waals surface area contributed by atoms with Crippen LogP contribution in [0.5, 0.6) is 5.75 Å². The molecule has 24 heavy (non-hydrogen) atoms. The third-order valence-corrected chi connectivity index (χ3v) is 5.15. The average molecular weight is 351 g/mol. The van der Waals surface area contributed by atoms with E-state index in [1.54, 1.807) is 23.9 Å². The summed E-state index contributed by atoms with van der Waals surface area (Å²) < 4.78 is 10.4. The first kappa shape index (κ1) is 18.6. The third-order valence-electron chi connectivity index (χ3n) is 4.42. The second kappa shape index (κ2) is 8.97. The van der Waals surface area contributed by atoms with Crippen molar-refractivity contribution < 1.29 is 19.1 Å². The minimum absolute atomic E-state index is 0.181. The smallest absolute Gasteiger partial charge is 0.342 e. The first-order chi connectivity index (χ1) is 11.5. The summed E-state index contributed by atoms with van der Waals surface area (Å²) in [5.74, 6) is 0.124. The van der Waals surface area contributed by atoms with E-state index in [-0.39, 0.29) is 18.6 Å². The van der Waals surface area contributed by atoms with E-state index in [0.717, 1.165) is 24.2 Å². The number of nitrogens with one attached hydrogen (secondary N) is 1. The highest BCUT2D eigenvalue weighted by Crippen LogP contribution is 2.26. The van der Waals surface area contributed by atoms with E-state index in [1.165, 1.54) is 13.5 Å². The summed E-state index contributed by atoms with van der Waals surface area (Å²) >= 11 is 1.56. The SMILES string of the molecule is COc1cc(SC)ccc1C(=O)OCC(=O)N[C@H]1CCCC[C@@H]1C. The molecule has 0 heterocycles. The van der Waals surface area contributed by atoms with Gasteiger partial charge in [-0.15, -0.1) is 11.8 Å². The molecular formula is C18H25NO4S. The quantitative estimate of drug-likeness (QED) is 0.629. The van der Waals surface area contributed by atoms with E-state index >= 15 is 0 Å². The van der Waals surface area contributed by atoms with Crippen LogP contribution in [0.15, 0.2) is 23.1 Å². The largest absolute Gasteiger partial charge is 0.496 e. The fraction of sp³-hybridized carbons (Fsp3) is 0.556. The minimum atomic E-state index is -0.550. The Kier molecular flexibility index (Phi) is 6.97. The van der Waals surface area contributed by atoms with Crippen LogP contribution >= 0.6 is 11.8 Å². The van der Waals surface area contributed by atoms with Gasteiger partial charge in [-0.25, -0.2) is 4.79 Å². The van der Waals surface area contributed by atoms with Crippen molar-refractivity contribution in [3.63, 3.8) is 0 Å². The molecule has 1 N–H and O–H groups in total. The fourth-order valence-corrected chi connectivity index (χ4v) is 3.38. The summed E-state index contributed by atoms with van der Waals surface area (Å²) in [5.41, 5.74) is 0.328. The Balaban J connectivity index is 1.89. The first-order valence-corrected chi connectivity index (χ1v) is 9.46. The molecule has 1 aromatic rings. The Morgan fingerprint density at radius 3 is 2.71 bits per heavy atom. The fourth-order valence-electron chi connectivity index (χ4n) is 2.96. The number of ether oxygens (including phenoxy) is 2. The Hall–Kier alpha value is -1.69. The van der Waals surface area contributed by atoms with Crippen LogP contribution in [0.2, 0.25) is 0 Å². The molecule has 0 spiro atoms. The maximum Gasteiger partial charge on any atom is 0.342 e. The second-order valence-corrected chi connectivity index (χ2v) is 6.96. The van der Waals surface area contributed by atoms with Gasteiger partial charge >= 0.3 is 5.97 Å². The number of esters is 1. The molecule has 1 aliphatic rings. The zero-order chi connectivity index (χ0) is 17.5. The lowest BCUT2D eigenvalue weighted by molar-refractivity contribution is -0.125. The van der Waals surface area contributed by atoms with Crippen LogP contribution in [0.4, 0.5) is 0 Å². The van der Waals surface area contributed by atoms with Crippen LogP contribution in [0, 0.1) is 5.92 Å². The lowest BCUT2D eigenvalue weighted by atomic mass is 9.86. The molecule has 1 amide bonds. The van der Waals surface area contributed by atoms with Gasteiger partial charge in [0.1, 0.15) is 11.3 Å². The molecular weight excluding hydrogens is 326 g/mol. The van der Waals surface area contributed by atoms with Crippen LogP contribution in [0.1, 0.15) is 43.0 Å². The third kappa shape index (κ3) is 4.90. The Morgan fingerprint density at radius 2 is 2.04 bits per heavy atom. The van der Waals surface area contributed by atoms with Gasteiger partial charge in [-0.1, -0.05) is 19.8 Å². The standard InChI is InChI=1S/C18H25NO4S/c1-12-6-4-5-7-15(12)19-17(20)11-23-18(21)14-9-8-13(24-3)10-16(14)22-2/h8-10,12,15H,4-7,11H2,1-3H3,(H,19,20)/t12-,15-/m0/s1. The predicted octanol–water partition coefficient (Wildman–Crippen LogP) is 3.27. The topological polar surface area (TPSA) is 64.6 Å². The van der Waals surface area contributed by atoms with Gasteiger partial charge in [-0.2, -0.15) is 0 Å². The van der Waals surface area contributed by atoms with Gasteiger partial charge in [0.15, 0.2) is 6.61 Å². The highest BCUT2D eigenvalue weighted by atomic mass is 32.2. The summed E-state index contributed by atoms with van der Waals surface area (Å²) in [6.07, 6.45) is 6.42. The van der Waals surface area contributed by atoms with Crippen molar-refractivity contribution in [2.75, 3.05) is 20.0 Å². The van der Waals surface area contributed by atoms with Crippen LogP contribution < -0.4 is 10.1 Å². The Labute approximate surface area is 147 Å². The van der Waals surface area contributed by atoms with Crippen molar-refractivity contribution in [1.82, 2.24) is 5.32 Å².